The van der Waals surface area contributed by atoms with Gasteiger partial charge in [-0.05, 0) is 19.3 Å². The molecular formula is C13H22N4. The van der Waals surface area contributed by atoms with Gasteiger partial charge in [0.2, 0.25) is 0 Å². The normalized spacial score (nSPS) is 21.1. The first kappa shape index (κ1) is 12.1. The zero-order valence-corrected chi connectivity index (χ0v) is 10.8. The van der Waals surface area contributed by atoms with Crippen molar-refractivity contribution < 1.29 is 0 Å². The Hall–Kier alpha value is -1.32. The number of anilines is 2. The van der Waals surface area contributed by atoms with Crippen LogP contribution in [0.2, 0.25) is 0 Å². The molecule has 0 saturated carbocycles. The summed E-state index contributed by atoms with van der Waals surface area (Å²) in [7, 11) is 1.88. The van der Waals surface area contributed by atoms with Crippen LogP contribution in [-0.2, 0) is 0 Å². The average Bonchev–Trinajstić information content (AvgIpc) is 2.63. The van der Waals surface area contributed by atoms with Gasteiger partial charge in [-0.3, -0.25) is 4.98 Å². The van der Waals surface area contributed by atoms with E-state index in [0.29, 0.717) is 6.04 Å². The zero-order chi connectivity index (χ0) is 12.1. The fraction of sp³-hybridized carbons (Fsp3) is 0.692. The number of hydrogen-bond acceptors (Lipinski definition) is 4. The highest BCUT2D eigenvalue weighted by Crippen LogP contribution is 2.24. The summed E-state index contributed by atoms with van der Waals surface area (Å²) in [6.07, 6.45) is 10.1. The molecule has 1 fully saturated rings. The van der Waals surface area contributed by atoms with Crippen molar-refractivity contribution in [1.29, 1.82) is 0 Å². The Morgan fingerprint density at radius 3 is 3.00 bits per heavy atom. The minimum absolute atomic E-state index is 0.624. The number of rotatable bonds is 3. The molecule has 2 heterocycles. The molecule has 1 atom stereocenters. The summed E-state index contributed by atoms with van der Waals surface area (Å²) in [6, 6.07) is 0.624. The molecule has 1 aromatic rings. The van der Waals surface area contributed by atoms with Crippen molar-refractivity contribution in [2.45, 2.75) is 45.1 Å². The molecule has 1 unspecified atom stereocenters. The van der Waals surface area contributed by atoms with E-state index in [1.165, 1.54) is 32.1 Å². The van der Waals surface area contributed by atoms with Crippen LogP contribution in [0.25, 0.3) is 0 Å². The molecule has 2 rings (SSSR count). The summed E-state index contributed by atoms with van der Waals surface area (Å²) in [6.45, 7) is 3.37. The molecule has 0 bridgehead atoms. The standard InChI is InChI=1S/C13H22N4/c1-3-11-7-5-4-6-8-17(11)13-10-15-9-12(14-2)16-13/h9-11H,3-8H2,1-2H3,(H,14,16). The van der Waals surface area contributed by atoms with Crippen LogP contribution >= 0.6 is 0 Å². The third kappa shape index (κ3) is 2.87. The van der Waals surface area contributed by atoms with Crippen molar-refractivity contribution in [3.8, 4) is 0 Å². The minimum Gasteiger partial charge on any atom is -0.372 e. The molecule has 1 N–H and O–H groups in total. The van der Waals surface area contributed by atoms with Crippen LogP contribution in [0.4, 0.5) is 11.6 Å². The summed E-state index contributed by atoms with van der Waals surface area (Å²) in [4.78, 5) is 11.3. The Kier molecular flexibility index (Phi) is 4.18. The molecule has 1 aliphatic heterocycles. The van der Waals surface area contributed by atoms with Gasteiger partial charge in [-0.15, -0.1) is 0 Å². The molecule has 0 amide bonds. The SMILES string of the molecule is CCC1CCCCCN1c1cncc(NC)n1. The predicted octanol–water partition coefficient (Wildman–Crippen LogP) is 2.68. The number of nitrogens with zero attached hydrogens (tertiary/aromatic N) is 3. The van der Waals surface area contributed by atoms with E-state index in [4.69, 9.17) is 0 Å². The molecule has 4 nitrogen and oxygen atoms in total. The zero-order valence-electron chi connectivity index (χ0n) is 10.8. The largest absolute Gasteiger partial charge is 0.372 e. The highest BCUT2D eigenvalue weighted by molar-refractivity contribution is 5.44. The van der Waals surface area contributed by atoms with Crippen molar-refractivity contribution in [2.75, 3.05) is 23.8 Å². The van der Waals surface area contributed by atoms with E-state index in [9.17, 15) is 0 Å². The van der Waals surface area contributed by atoms with E-state index in [2.05, 4.69) is 27.1 Å². The van der Waals surface area contributed by atoms with Gasteiger partial charge >= 0.3 is 0 Å². The highest BCUT2D eigenvalue weighted by Gasteiger charge is 2.20. The molecule has 1 saturated heterocycles. The molecule has 0 radical (unpaired) electrons. The van der Waals surface area contributed by atoms with E-state index < -0.39 is 0 Å². The molecular weight excluding hydrogens is 212 g/mol. The van der Waals surface area contributed by atoms with Crippen molar-refractivity contribution in [2.24, 2.45) is 0 Å². The van der Waals surface area contributed by atoms with E-state index in [1.54, 1.807) is 6.20 Å². The minimum atomic E-state index is 0.624. The average molecular weight is 234 g/mol. The van der Waals surface area contributed by atoms with Crippen LogP contribution in [0, 0.1) is 0 Å². The first-order chi connectivity index (χ1) is 8.35. The van der Waals surface area contributed by atoms with Crippen molar-refractivity contribution in [1.82, 2.24) is 9.97 Å². The summed E-state index contributed by atoms with van der Waals surface area (Å²) in [5.74, 6) is 1.87. The fourth-order valence-corrected chi connectivity index (χ4v) is 2.52. The van der Waals surface area contributed by atoms with Crippen LogP contribution in [-0.4, -0.2) is 29.6 Å². The summed E-state index contributed by atoms with van der Waals surface area (Å²) >= 11 is 0. The lowest BCUT2D eigenvalue weighted by Crippen LogP contribution is -2.35. The lowest BCUT2D eigenvalue weighted by atomic mass is 10.1. The first-order valence-corrected chi connectivity index (χ1v) is 6.61. The maximum absolute atomic E-state index is 4.61. The second-order valence-corrected chi connectivity index (χ2v) is 4.62. The Labute approximate surface area is 103 Å². The Balaban J connectivity index is 2.21. The Morgan fingerprint density at radius 1 is 1.35 bits per heavy atom. The molecule has 0 spiro atoms. The summed E-state index contributed by atoms with van der Waals surface area (Å²) < 4.78 is 0. The van der Waals surface area contributed by atoms with Crippen molar-refractivity contribution >= 4 is 11.6 Å². The van der Waals surface area contributed by atoms with Crippen molar-refractivity contribution in [3.05, 3.63) is 12.4 Å². The van der Waals surface area contributed by atoms with Crippen LogP contribution in [0.5, 0.6) is 0 Å². The van der Waals surface area contributed by atoms with Gasteiger partial charge in [0.1, 0.15) is 11.6 Å². The van der Waals surface area contributed by atoms with Gasteiger partial charge in [0, 0.05) is 19.6 Å². The van der Waals surface area contributed by atoms with Gasteiger partial charge in [0.25, 0.3) is 0 Å². The topological polar surface area (TPSA) is 41.1 Å². The van der Waals surface area contributed by atoms with Gasteiger partial charge in [-0.2, -0.15) is 0 Å². The van der Waals surface area contributed by atoms with Gasteiger partial charge in [0.05, 0.1) is 12.4 Å². The number of nitrogens with one attached hydrogen (secondary N) is 1. The van der Waals surface area contributed by atoms with E-state index in [0.717, 1.165) is 18.2 Å². The third-order valence-electron chi connectivity index (χ3n) is 3.52. The monoisotopic (exact) mass is 234 g/mol. The summed E-state index contributed by atoms with van der Waals surface area (Å²) in [5.41, 5.74) is 0. The van der Waals surface area contributed by atoms with Crippen molar-refractivity contribution in [3.63, 3.8) is 0 Å². The molecule has 17 heavy (non-hydrogen) atoms. The second kappa shape index (κ2) is 5.84. The second-order valence-electron chi connectivity index (χ2n) is 4.62. The van der Waals surface area contributed by atoms with Gasteiger partial charge in [-0.25, -0.2) is 4.98 Å². The molecule has 1 aliphatic rings. The first-order valence-electron chi connectivity index (χ1n) is 6.61. The maximum atomic E-state index is 4.61. The number of hydrogen-bond donors (Lipinski definition) is 1. The highest BCUT2D eigenvalue weighted by atomic mass is 15.2. The predicted molar refractivity (Wildman–Crippen MR) is 71.5 cm³/mol. The number of aromatic nitrogens is 2. The van der Waals surface area contributed by atoms with Gasteiger partial charge < -0.3 is 10.2 Å². The van der Waals surface area contributed by atoms with Crippen LogP contribution in [0.15, 0.2) is 12.4 Å². The lowest BCUT2D eigenvalue weighted by molar-refractivity contribution is 0.552. The summed E-state index contributed by atoms with van der Waals surface area (Å²) in [5, 5.41) is 3.05. The molecule has 94 valence electrons. The van der Waals surface area contributed by atoms with Gasteiger partial charge in [0.15, 0.2) is 0 Å². The maximum Gasteiger partial charge on any atom is 0.149 e. The molecule has 1 aromatic heterocycles. The molecule has 0 aliphatic carbocycles. The Bertz CT molecular complexity index is 353. The smallest absolute Gasteiger partial charge is 0.149 e. The Morgan fingerprint density at radius 2 is 2.24 bits per heavy atom. The van der Waals surface area contributed by atoms with Gasteiger partial charge in [-0.1, -0.05) is 19.8 Å². The third-order valence-corrected chi connectivity index (χ3v) is 3.52. The quantitative estimate of drug-likeness (QED) is 0.873. The van der Waals surface area contributed by atoms with Crippen LogP contribution in [0.3, 0.4) is 0 Å². The van der Waals surface area contributed by atoms with Crippen LogP contribution < -0.4 is 10.2 Å². The van der Waals surface area contributed by atoms with E-state index in [1.807, 2.05) is 13.2 Å². The van der Waals surface area contributed by atoms with Crippen LogP contribution in [0.1, 0.15) is 39.0 Å². The lowest BCUT2D eigenvalue weighted by Gasteiger charge is -2.30. The molecule has 4 heteroatoms. The fourth-order valence-electron chi connectivity index (χ4n) is 2.52. The molecule has 0 aromatic carbocycles. The van der Waals surface area contributed by atoms with E-state index >= 15 is 0 Å². The van der Waals surface area contributed by atoms with E-state index in [-0.39, 0.29) is 0 Å².